The second-order valence-corrected chi connectivity index (χ2v) is 6.76. The van der Waals surface area contributed by atoms with E-state index in [1.54, 1.807) is 0 Å². The molecule has 2 amide bonds. The third kappa shape index (κ3) is 3.76. The molecule has 3 fully saturated rings. The molecule has 1 saturated heterocycles. The van der Waals surface area contributed by atoms with Crippen molar-refractivity contribution < 1.29 is 19.5 Å². The predicted molar refractivity (Wildman–Crippen MR) is 78.1 cm³/mol. The lowest BCUT2D eigenvalue weighted by Gasteiger charge is -2.43. The summed E-state index contributed by atoms with van der Waals surface area (Å²) >= 11 is 0. The molecule has 0 aromatic rings. The van der Waals surface area contributed by atoms with E-state index >= 15 is 0 Å². The minimum Gasteiger partial charge on any atom is -0.480 e. The van der Waals surface area contributed by atoms with Crippen LogP contribution in [0.2, 0.25) is 0 Å². The number of carbonyl (C=O) groups excluding carboxylic acids is 2. The Labute approximate surface area is 129 Å². The van der Waals surface area contributed by atoms with E-state index in [0.29, 0.717) is 18.8 Å². The molecule has 0 radical (unpaired) electrons. The van der Waals surface area contributed by atoms with Gasteiger partial charge in [0, 0.05) is 25.0 Å². The van der Waals surface area contributed by atoms with Crippen LogP contribution in [0.15, 0.2) is 0 Å². The summed E-state index contributed by atoms with van der Waals surface area (Å²) in [5.41, 5.74) is 0. The lowest BCUT2D eigenvalue weighted by Crippen LogP contribution is -2.57. The molecule has 0 aromatic heterocycles. The molecule has 3 rings (SSSR count). The molecule has 7 nitrogen and oxygen atoms in total. The van der Waals surface area contributed by atoms with Gasteiger partial charge in [0.2, 0.25) is 11.8 Å². The molecule has 2 aliphatic carbocycles. The molecule has 1 atom stereocenters. The zero-order valence-electron chi connectivity index (χ0n) is 12.6. The van der Waals surface area contributed by atoms with Crippen molar-refractivity contribution in [2.24, 2.45) is 5.92 Å². The highest BCUT2D eigenvalue weighted by Gasteiger charge is 2.39. The van der Waals surface area contributed by atoms with Gasteiger partial charge >= 0.3 is 5.97 Å². The Kier molecular flexibility index (Phi) is 4.33. The van der Waals surface area contributed by atoms with Gasteiger partial charge in [-0.2, -0.15) is 0 Å². The van der Waals surface area contributed by atoms with Gasteiger partial charge in [0.1, 0.15) is 6.04 Å². The molecule has 3 N–H and O–H groups in total. The average Bonchev–Trinajstić information content (AvgIpc) is 3.10. The fourth-order valence-corrected chi connectivity index (χ4v) is 3.26. The van der Waals surface area contributed by atoms with Crippen molar-refractivity contribution in [1.29, 1.82) is 0 Å². The summed E-state index contributed by atoms with van der Waals surface area (Å²) in [4.78, 5) is 36.1. The number of carboxylic acid groups (broad SMARTS) is 1. The number of amides is 2. The molecule has 122 valence electrons. The fourth-order valence-electron chi connectivity index (χ4n) is 3.26. The normalized spacial score (nSPS) is 30.8. The molecule has 0 spiro atoms. The van der Waals surface area contributed by atoms with Gasteiger partial charge in [-0.1, -0.05) is 0 Å². The van der Waals surface area contributed by atoms with Gasteiger partial charge in [-0.3, -0.25) is 19.3 Å². The number of hydrogen-bond donors (Lipinski definition) is 3. The third-order valence-corrected chi connectivity index (χ3v) is 4.82. The average molecular weight is 309 g/mol. The van der Waals surface area contributed by atoms with Crippen molar-refractivity contribution in [3.63, 3.8) is 0 Å². The van der Waals surface area contributed by atoms with Gasteiger partial charge in [-0.05, 0) is 38.0 Å². The first-order chi connectivity index (χ1) is 10.5. The monoisotopic (exact) mass is 309 g/mol. The van der Waals surface area contributed by atoms with Gasteiger partial charge in [0.15, 0.2) is 0 Å². The second kappa shape index (κ2) is 6.24. The van der Waals surface area contributed by atoms with E-state index in [4.69, 9.17) is 5.11 Å². The van der Waals surface area contributed by atoms with Crippen LogP contribution < -0.4 is 10.6 Å². The molecule has 22 heavy (non-hydrogen) atoms. The minimum atomic E-state index is -0.790. The molecule has 7 heteroatoms. The number of carboxylic acids is 1. The summed E-state index contributed by atoms with van der Waals surface area (Å²) in [7, 11) is 0. The Bertz CT molecular complexity index is 471. The third-order valence-electron chi connectivity index (χ3n) is 4.82. The van der Waals surface area contributed by atoms with Crippen molar-refractivity contribution >= 4 is 17.8 Å². The van der Waals surface area contributed by atoms with E-state index in [1.807, 2.05) is 4.90 Å². The maximum absolute atomic E-state index is 12.0. The van der Waals surface area contributed by atoms with E-state index in [-0.39, 0.29) is 30.4 Å². The minimum absolute atomic E-state index is 0.0660. The zero-order chi connectivity index (χ0) is 15.7. The van der Waals surface area contributed by atoms with Gasteiger partial charge in [0.05, 0.1) is 6.54 Å². The van der Waals surface area contributed by atoms with Gasteiger partial charge in [-0.25, -0.2) is 0 Å². The number of nitrogens with zero attached hydrogens (tertiary/aromatic N) is 1. The number of nitrogens with one attached hydrogen (secondary N) is 2. The summed E-state index contributed by atoms with van der Waals surface area (Å²) in [5.74, 6) is -0.312. The Morgan fingerprint density at radius 3 is 2.55 bits per heavy atom. The van der Waals surface area contributed by atoms with Gasteiger partial charge < -0.3 is 15.7 Å². The predicted octanol–water partition coefficient (Wildman–Crippen LogP) is -0.291. The van der Waals surface area contributed by atoms with E-state index in [0.717, 1.165) is 19.4 Å². The SMILES string of the molecule is O=C(O)CN(CC1CC1)C1CC(NC(=O)[C@H]2CCC(=O)N2)C1. The molecular weight excluding hydrogens is 286 g/mol. The lowest BCUT2D eigenvalue weighted by atomic mass is 9.85. The topological polar surface area (TPSA) is 98.7 Å². The molecular formula is C15H23N3O4. The molecule has 2 saturated carbocycles. The Hall–Kier alpha value is -1.63. The smallest absolute Gasteiger partial charge is 0.317 e. The van der Waals surface area contributed by atoms with Gasteiger partial charge in [0.25, 0.3) is 0 Å². The van der Waals surface area contributed by atoms with Crippen LogP contribution in [-0.2, 0) is 14.4 Å². The number of rotatable bonds is 7. The van der Waals surface area contributed by atoms with Crippen LogP contribution in [0.25, 0.3) is 0 Å². The Balaban J connectivity index is 1.42. The van der Waals surface area contributed by atoms with Crippen LogP contribution in [-0.4, -0.2) is 59.0 Å². The maximum atomic E-state index is 12.0. The molecule has 0 unspecified atom stereocenters. The number of carbonyl (C=O) groups is 3. The first kappa shape index (κ1) is 15.3. The summed E-state index contributed by atoms with van der Waals surface area (Å²) in [6.07, 6.45) is 4.97. The highest BCUT2D eigenvalue weighted by atomic mass is 16.4. The largest absolute Gasteiger partial charge is 0.480 e. The standard InChI is InChI=1S/C15H23N3O4/c19-13-4-3-12(17-13)15(22)16-10-5-11(6-10)18(8-14(20)21)7-9-1-2-9/h9-12H,1-8H2,(H,16,22)(H,17,19)(H,20,21)/t10?,11?,12-/m1/s1. The van der Waals surface area contributed by atoms with E-state index in [1.165, 1.54) is 12.8 Å². The Morgan fingerprint density at radius 2 is 2.00 bits per heavy atom. The van der Waals surface area contributed by atoms with Crippen LogP contribution in [0.3, 0.4) is 0 Å². The lowest BCUT2D eigenvalue weighted by molar-refractivity contribution is -0.140. The molecule has 1 aliphatic heterocycles. The number of hydrogen-bond acceptors (Lipinski definition) is 4. The summed E-state index contributed by atoms with van der Waals surface area (Å²) in [5, 5.41) is 14.6. The van der Waals surface area contributed by atoms with E-state index in [9.17, 15) is 14.4 Å². The highest BCUT2D eigenvalue weighted by molar-refractivity contribution is 5.90. The second-order valence-electron chi connectivity index (χ2n) is 6.76. The summed E-state index contributed by atoms with van der Waals surface area (Å²) < 4.78 is 0. The van der Waals surface area contributed by atoms with Gasteiger partial charge in [-0.15, -0.1) is 0 Å². The Morgan fingerprint density at radius 1 is 1.27 bits per heavy atom. The van der Waals surface area contributed by atoms with Crippen molar-refractivity contribution in [3.8, 4) is 0 Å². The van der Waals surface area contributed by atoms with Crippen LogP contribution in [0.5, 0.6) is 0 Å². The highest BCUT2D eigenvalue weighted by Crippen LogP contribution is 2.33. The van der Waals surface area contributed by atoms with Crippen molar-refractivity contribution in [2.75, 3.05) is 13.1 Å². The number of aliphatic carboxylic acids is 1. The molecule has 0 bridgehead atoms. The zero-order valence-corrected chi connectivity index (χ0v) is 12.6. The van der Waals surface area contributed by atoms with Crippen LogP contribution in [0.1, 0.15) is 38.5 Å². The van der Waals surface area contributed by atoms with Crippen molar-refractivity contribution in [1.82, 2.24) is 15.5 Å². The van der Waals surface area contributed by atoms with Crippen molar-refractivity contribution in [2.45, 2.75) is 56.7 Å². The summed E-state index contributed by atoms with van der Waals surface area (Å²) in [6, 6.07) is -0.0428. The molecule has 1 heterocycles. The van der Waals surface area contributed by atoms with Crippen LogP contribution in [0, 0.1) is 5.92 Å². The van der Waals surface area contributed by atoms with E-state index in [2.05, 4.69) is 10.6 Å². The van der Waals surface area contributed by atoms with E-state index < -0.39 is 12.0 Å². The van der Waals surface area contributed by atoms with Crippen LogP contribution >= 0.6 is 0 Å². The first-order valence-corrected chi connectivity index (χ1v) is 8.07. The van der Waals surface area contributed by atoms with Crippen LogP contribution in [0.4, 0.5) is 0 Å². The molecule has 0 aromatic carbocycles. The molecule has 3 aliphatic rings. The summed E-state index contributed by atoms with van der Waals surface area (Å²) in [6.45, 7) is 0.941. The van der Waals surface area contributed by atoms with Crippen molar-refractivity contribution in [3.05, 3.63) is 0 Å². The first-order valence-electron chi connectivity index (χ1n) is 8.07. The quantitative estimate of drug-likeness (QED) is 0.600. The maximum Gasteiger partial charge on any atom is 0.317 e. The fraction of sp³-hybridized carbons (Fsp3) is 0.800.